The summed E-state index contributed by atoms with van der Waals surface area (Å²) >= 11 is 1.77. The molecule has 144 valence electrons. The molecule has 0 bridgehead atoms. The fourth-order valence-electron chi connectivity index (χ4n) is 3.23. The minimum atomic E-state index is -0.202. The average Bonchev–Trinajstić information content (AvgIpc) is 2.70. The summed E-state index contributed by atoms with van der Waals surface area (Å²) < 4.78 is 13.0. The van der Waals surface area contributed by atoms with Gasteiger partial charge in [-0.1, -0.05) is 12.1 Å². The zero-order valence-electron chi connectivity index (χ0n) is 15.7. The number of nitrogens with one attached hydrogen (secondary N) is 1. The number of anilines is 1. The lowest BCUT2D eigenvalue weighted by molar-refractivity contribution is 0.0948. The first-order valence-electron chi connectivity index (χ1n) is 9.24. The number of piperazine rings is 1. The molecule has 1 N–H and O–H groups in total. The molecule has 27 heavy (non-hydrogen) atoms. The van der Waals surface area contributed by atoms with Crippen LogP contribution in [-0.4, -0.2) is 56.3 Å². The lowest BCUT2D eigenvalue weighted by atomic mass is 10.1. The molecular formula is C21H26FN3OS. The molecule has 0 spiro atoms. The molecule has 0 unspecified atom stereocenters. The third-order valence-corrected chi connectivity index (χ3v) is 5.43. The summed E-state index contributed by atoms with van der Waals surface area (Å²) in [6.07, 6.45) is 2.07. The lowest BCUT2D eigenvalue weighted by Crippen LogP contribution is -2.48. The van der Waals surface area contributed by atoms with E-state index in [1.54, 1.807) is 11.8 Å². The number of carbonyl (C=O) groups is 1. The highest BCUT2D eigenvalue weighted by Gasteiger charge is 2.17. The van der Waals surface area contributed by atoms with E-state index in [0.717, 1.165) is 44.2 Å². The van der Waals surface area contributed by atoms with Gasteiger partial charge in [0.05, 0.1) is 0 Å². The molecule has 1 heterocycles. The first kappa shape index (κ1) is 19.7. The molecule has 3 rings (SSSR count). The summed E-state index contributed by atoms with van der Waals surface area (Å²) in [7, 11) is 0. The molecular weight excluding hydrogens is 361 g/mol. The van der Waals surface area contributed by atoms with Crippen molar-refractivity contribution in [3.8, 4) is 0 Å². The zero-order valence-corrected chi connectivity index (χ0v) is 16.5. The van der Waals surface area contributed by atoms with Gasteiger partial charge in [-0.2, -0.15) is 11.8 Å². The Labute approximate surface area is 164 Å². The van der Waals surface area contributed by atoms with Crippen molar-refractivity contribution in [3.05, 3.63) is 65.5 Å². The van der Waals surface area contributed by atoms with Crippen LogP contribution in [0.3, 0.4) is 0 Å². The maximum atomic E-state index is 13.0. The highest BCUT2D eigenvalue weighted by Crippen LogP contribution is 2.16. The van der Waals surface area contributed by atoms with E-state index in [-0.39, 0.29) is 11.7 Å². The summed E-state index contributed by atoms with van der Waals surface area (Å²) in [6, 6.07) is 14.5. The van der Waals surface area contributed by atoms with E-state index in [4.69, 9.17) is 0 Å². The van der Waals surface area contributed by atoms with Gasteiger partial charge in [0.15, 0.2) is 0 Å². The Morgan fingerprint density at radius 3 is 2.33 bits per heavy atom. The topological polar surface area (TPSA) is 35.6 Å². The molecule has 2 aromatic rings. The van der Waals surface area contributed by atoms with Crippen molar-refractivity contribution in [2.24, 2.45) is 0 Å². The fourth-order valence-corrected chi connectivity index (χ4v) is 3.76. The second kappa shape index (κ2) is 9.76. The van der Waals surface area contributed by atoms with Crippen LogP contribution in [0.4, 0.5) is 10.1 Å². The number of nitrogens with zero attached hydrogens (tertiary/aromatic N) is 2. The van der Waals surface area contributed by atoms with Gasteiger partial charge >= 0.3 is 0 Å². The van der Waals surface area contributed by atoms with Crippen molar-refractivity contribution in [3.63, 3.8) is 0 Å². The molecule has 0 aliphatic carbocycles. The van der Waals surface area contributed by atoms with E-state index in [9.17, 15) is 9.18 Å². The van der Waals surface area contributed by atoms with Crippen LogP contribution >= 0.6 is 11.8 Å². The van der Waals surface area contributed by atoms with Crippen LogP contribution in [0.5, 0.6) is 0 Å². The number of hydrogen-bond donors (Lipinski definition) is 1. The number of amides is 1. The number of thioether (sulfide) groups is 1. The van der Waals surface area contributed by atoms with Crippen LogP contribution in [0.25, 0.3) is 0 Å². The number of carbonyl (C=O) groups excluding carboxylic acids is 1. The van der Waals surface area contributed by atoms with Crippen molar-refractivity contribution in [2.45, 2.75) is 5.75 Å². The van der Waals surface area contributed by atoms with Gasteiger partial charge in [0.2, 0.25) is 0 Å². The summed E-state index contributed by atoms with van der Waals surface area (Å²) in [5.74, 6) is 0.744. The van der Waals surface area contributed by atoms with Crippen molar-refractivity contribution in [1.82, 2.24) is 10.2 Å². The Morgan fingerprint density at radius 1 is 1.04 bits per heavy atom. The molecule has 1 amide bonds. The first-order chi connectivity index (χ1) is 13.2. The molecule has 1 fully saturated rings. The second-order valence-corrected chi connectivity index (χ2v) is 7.56. The Hall–Kier alpha value is -2.05. The second-order valence-electron chi connectivity index (χ2n) is 6.69. The van der Waals surface area contributed by atoms with Gasteiger partial charge in [0.25, 0.3) is 5.91 Å². The van der Waals surface area contributed by atoms with Crippen LogP contribution in [0, 0.1) is 5.82 Å². The van der Waals surface area contributed by atoms with Crippen molar-refractivity contribution >= 4 is 23.4 Å². The monoisotopic (exact) mass is 387 g/mol. The van der Waals surface area contributed by atoms with Gasteiger partial charge in [0, 0.05) is 56.3 Å². The summed E-state index contributed by atoms with van der Waals surface area (Å²) in [5.41, 5.74) is 3.01. The van der Waals surface area contributed by atoms with Crippen LogP contribution in [-0.2, 0) is 5.75 Å². The maximum absolute atomic E-state index is 13.0. The molecule has 0 saturated carbocycles. The summed E-state index contributed by atoms with van der Waals surface area (Å²) in [4.78, 5) is 16.9. The SMILES string of the molecule is CSCc1ccc(C(=O)NCCN2CCN(c3ccc(F)cc3)CC2)cc1. The standard InChI is InChI=1S/C21H26FN3OS/c1-27-16-17-2-4-18(5-3-17)21(26)23-10-11-24-12-14-25(15-13-24)20-8-6-19(22)7-9-20/h2-9H,10-16H2,1H3,(H,23,26). The number of rotatable bonds is 7. The van der Waals surface area contributed by atoms with Gasteiger partial charge in [-0.15, -0.1) is 0 Å². The average molecular weight is 388 g/mol. The molecule has 2 aromatic carbocycles. The molecule has 0 aromatic heterocycles. The van der Waals surface area contributed by atoms with Gasteiger partial charge in [-0.05, 0) is 48.2 Å². The van der Waals surface area contributed by atoms with E-state index in [2.05, 4.69) is 21.4 Å². The molecule has 0 atom stereocenters. The van der Waals surface area contributed by atoms with E-state index < -0.39 is 0 Å². The number of benzene rings is 2. The van der Waals surface area contributed by atoms with Crippen LogP contribution in [0.1, 0.15) is 15.9 Å². The van der Waals surface area contributed by atoms with E-state index >= 15 is 0 Å². The Bertz CT molecular complexity index is 728. The predicted molar refractivity (Wildman–Crippen MR) is 111 cm³/mol. The highest BCUT2D eigenvalue weighted by atomic mass is 32.2. The van der Waals surface area contributed by atoms with Gasteiger partial charge in [-0.3, -0.25) is 9.69 Å². The number of halogens is 1. The van der Waals surface area contributed by atoms with Crippen LogP contribution < -0.4 is 10.2 Å². The molecule has 1 aliphatic rings. The largest absolute Gasteiger partial charge is 0.369 e. The normalized spacial score (nSPS) is 15.0. The Balaban J connectivity index is 1.38. The molecule has 1 aliphatic heterocycles. The minimum Gasteiger partial charge on any atom is -0.369 e. The predicted octanol–water partition coefficient (Wildman–Crippen LogP) is 3.24. The Morgan fingerprint density at radius 2 is 1.70 bits per heavy atom. The summed E-state index contributed by atoms with van der Waals surface area (Å²) in [6.45, 7) is 5.19. The molecule has 0 radical (unpaired) electrons. The van der Waals surface area contributed by atoms with Gasteiger partial charge in [-0.25, -0.2) is 4.39 Å². The Kier molecular flexibility index (Phi) is 7.12. The smallest absolute Gasteiger partial charge is 0.251 e. The van der Waals surface area contributed by atoms with E-state index in [1.165, 1.54) is 17.7 Å². The quantitative estimate of drug-likeness (QED) is 0.791. The molecule has 6 heteroatoms. The summed E-state index contributed by atoms with van der Waals surface area (Å²) in [5, 5.41) is 3.01. The van der Waals surface area contributed by atoms with Crippen LogP contribution in [0.15, 0.2) is 48.5 Å². The van der Waals surface area contributed by atoms with Crippen molar-refractivity contribution < 1.29 is 9.18 Å². The fraction of sp³-hybridized carbons (Fsp3) is 0.381. The van der Waals surface area contributed by atoms with Crippen LogP contribution in [0.2, 0.25) is 0 Å². The maximum Gasteiger partial charge on any atom is 0.251 e. The van der Waals surface area contributed by atoms with Crippen molar-refractivity contribution in [2.75, 3.05) is 50.4 Å². The minimum absolute atomic E-state index is 0.0179. The van der Waals surface area contributed by atoms with E-state index in [0.29, 0.717) is 12.1 Å². The third kappa shape index (κ3) is 5.71. The van der Waals surface area contributed by atoms with E-state index in [1.807, 2.05) is 36.4 Å². The lowest BCUT2D eigenvalue weighted by Gasteiger charge is -2.36. The molecule has 1 saturated heterocycles. The highest BCUT2D eigenvalue weighted by molar-refractivity contribution is 7.97. The van der Waals surface area contributed by atoms with Crippen molar-refractivity contribution in [1.29, 1.82) is 0 Å². The zero-order chi connectivity index (χ0) is 19.1. The molecule has 4 nitrogen and oxygen atoms in total. The van der Waals surface area contributed by atoms with Gasteiger partial charge in [0.1, 0.15) is 5.82 Å². The third-order valence-electron chi connectivity index (χ3n) is 4.80. The first-order valence-corrected chi connectivity index (χ1v) is 10.6. The van der Waals surface area contributed by atoms with Gasteiger partial charge < -0.3 is 10.2 Å². The number of hydrogen-bond acceptors (Lipinski definition) is 4.